The molecule has 5 heteroatoms. The molecule has 0 bridgehead atoms. The highest BCUT2D eigenvalue weighted by atomic mass is 16.2. The highest BCUT2D eigenvalue weighted by Crippen LogP contribution is 2.12. The van der Waals surface area contributed by atoms with Crippen LogP contribution >= 0.6 is 0 Å². The van der Waals surface area contributed by atoms with Gasteiger partial charge in [-0.25, -0.2) is 4.98 Å². The van der Waals surface area contributed by atoms with E-state index in [0.717, 1.165) is 30.4 Å². The molecule has 0 radical (unpaired) electrons. The third-order valence-corrected chi connectivity index (χ3v) is 3.06. The van der Waals surface area contributed by atoms with E-state index in [0.29, 0.717) is 6.54 Å². The number of nitrogens with two attached hydrogens (primary N) is 1. The summed E-state index contributed by atoms with van der Waals surface area (Å²) in [7, 11) is 0. The Balaban J connectivity index is 2.83. The summed E-state index contributed by atoms with van der Waals surface area (Å²) in [4.78, 5) is 27.2. The monoisotopic (exact) mass is 263 g/mol. The second-order valence-corrected chi connectivity index (χ2v) is 4.63. The number of hydrogen-bond donors (Lipinski definition) is 2. The maximum absolute atomic E-state index is 11.9. The van der Waals surface area contributed by atoms with Gasteiger partial charge in [-0.05, 0) is 37.5 Å². The molecule has 2 amide bonds. The molecular formula is C14H21N3O2. The van der Waals surface area contributed by atoms with Gasteiger partial charge in [0.05, 0.1) is 0 Å². The van der Waals surface area contributed by atoms with Gasteiger partial charge >= 0.3 is 0 Å². The van der Waals surface area contributed by atoms with E-state index in [4.69, 9.17) is 5.73 Å². The highest BCUT2D eigenvalue weighted by Gasteiger charge is 2.15. The van der Waals surface area contributed by atoms with Crippen molar-refractivity contribution >= 4 is 11.8 Å². The van der Waals surface area contributed by atoms with Crippen LogP contribution in [-0.4, -0.2) is 23.3 Å². The topological polar surface area (TPSA) is 85.1 Å². The van der Waals surface area contributed by atoms with Gasteiger partial charge in [-0.15, -0.1) is 0 Å². The number of aryl methyl sites for hydroxylation is 1. The predicted molar refractivity (Wildman–Crippen MR) is 74.1 cm³/mol. The van der Waals surface area contributed by atoms with Crippen molar-refractivity contribution in [3.63, 3.8) is 0 Å². The minimum Gasteiger partial charge on any atom is -0.364 e. The van der Waals surface area contributed by atoms with Gasteiger partial charge in [-0.3, -0.25) is 9.59 Å². The molecule has 1 aromatic heterocycles. The molecule has 0 atom stereocenters. The first kappa shape index (κ1) is 15.1. The number of nitrogens with one attached hydrogen (secondary N) is 1. The standard InChI is InChI=1S/C14H21N3O2/c1-4-5-6-7-16-14(19)11-8-9(2)10(3)12(17-11)13(15)18/h8H,4-7H2,1-3H3,(H2,15,18)(H,16,19). The maximum atomic E-state index is 11.9. The molecule has 1 aromatic rings. The van der Waals surface area contributed by atoms with E-state index in [1.165, 1.54) is 0 Å². The lowest BCUT2D eigenvalue weighted by Gasteiger charge is -2.09. The van der Waals surface area contributed by atoms with Crippen LogP contribution in [0, 0.1) is 13.8 Å². The minimum atomic E-state index is -0.610. The van der Waals surface area contributed by atoms with Crippen LogP contribution in [0.1, 0.15) is 58.3 Å². The molecule has 0 aliphatic rings. The Morgan fingerprint density at radius 3 is 2.58 bits per heavy atom. The fraction of sp³-hybridized carbons (Fsp3) is 0.500. The molecule has 0 aromatic carbocycles. The number of carbonyl (C=O) groups excluding carboxylic acids is 2. The summed E-state index contributed by atoms with van der Waals surface area (Å²) in [5, 5.41) is 2.79. The fourth-order valence-corrected chi connectivity index (χ4v) is 1.76. The van der Waals surface area contributed by atoms with Crippen molar-refractivity contribution in [2.24, 2.45) is 5.73 Å². The summed E-state index contributed by atoms with van der Waals surface area (Å²) in [6, 6.07) is 1.68. The number of unbranched alkanes of at least 4 members (excludes halogenated alkanes) is 2. The molecule has 1 rings (SSSR count). The normalized spacial score (nSPS) is 10.3. The molecule has 1 heterocycles. The van der Waals surface area contributed by atoms with E-state index in [-0.39, 0.29) is 17.3 Å². The number of carbonyl (C=O) groups is 2. The Bertz CT molecular complexity index is 484. The zero-order valence-electron chi connectivity index (χ0n) is 11.7. The van der Waals surface area contributed by atoms with Crippen molar-refractivity contribution in [1.82, 2.24) is 10.3 Å². The number of pyridine rings is 1. The van der Waals surface area contributed by atoms with Gasteiger partial charge in [-0.2, -0.15) is 0 Å². The third kappa shape index (κ3) is 4.05. The Hall–Kier alpha value is -1.91. The lowest BCUT2D eigenvalue weighted by molar-refractivity contribution is 0.0947. The van der Waals surface area contributed by atoms with Gasteiger partial charge in [-0.1, -0.05) is 19.8 Å². The van der Waals surface area contributed by atoms with Crippen LogP contribution in [-0.2, 0) is 0 Å². The summed E-state index contributed by atoms with van der Waals surface area (Å²) < 4.78 is 0. The van der Waals surface area contributed by atoms with Gasteiger partial charge in [0.25, 0.3) is 11.8 Å². The number of rotatable bonds is 6. The summed E-state index contributed by atoms with van der Waals surface area (Å²) in [6.45, 7) is 6.32. The summed E-state index contributed by atoms with van der Waals surface area (Å²) >= 11 is 0. The molecule has 0 saturated carbocycles. The average Bonchev–Trinajstić information content (AvgIpc) is 2.37. The number of aromatic nitrogens is 1. The van der Waals surface area contributed by atoms with Crippen LogP contribution in [0.5, 0.6) is 0 Å². The molecule has 19 heavy (non-hydrogen) atoms. The van der Waals surface area contributed by atoms with E-state index in [1.54, 1.807) is 13.0 Å². The van der Waals surface area contributed by atoms with Crippen LogP contribution in [0.25, 0.3) is 0 Å². The molecule has 0 spiro atoms. The Morgan fingerprint density at radius 1 is 1.32 bits per heavy atom. The Morgan fingerprint density at radius 2 is 2.00 bits per heavy atom. The fourth-order valence-electron chi connectivity index (χ4n) is 1.76. The van der Waals surface area contributed by atoms with Crippen LogP contribution in [0.4, 0.5) is 0 Å². The molecule has 0 aliphatic heterocycles. The largest absolute Gasteiger partial charge is 0.364 e. The zero-order valence-corrected chi connectivity index (χ0v) is 11.7. The Labute approximate surface area is 113 Å². The SMILES string of the molecule is CCCCCNC(=O)c1cc(C)c(C)c(C(N)=O)n1. The minimum absolute atomic E-state index is 0.165. The van der Waals surface area contributed by atoms with Crippen molar-refractivity contribution in [1.29, 1.82) is 0 Å². The first-order valence-electron chi connectivity index (χ1n) is 6.53. The molecule has 0 unspecified atom stereocenters. The lowest BCUT2D eigenvalue weighted by atomic mass is 10.1. The first-order chi connectivity index (χ1) is 8.97. The highest BCUT2D eigenvalue weighted by molar-refractivity contribution is 5.96. The van der Waals surface area contributed by atoms with E-state index in [1.807, 2.05) is 6.92 Å². The van der Waals surface area contributed by atoms with Crippen molar-refractivity contribution in [3.8, 4) is 0 Å². The second kappa shape index (κ2) is 6.87. The quantitative estimate of drug-likeness (QED) is 0.766. The van der Waals surface area contributed by atoms with Crippen LogP contribution < -0.4 is 11.1 Å². The van der Waals surface area contributed by atoms with Gasteiger partial charge in [0.1, 0.15) is 11.4 Å². The maximum Gasteiger partial charge on any atom is 0.269 e. The smallest absolute Gasteiger partial charge is 0.269 e. The molecule has 0 aliphatic carbocycles. The number of amides is 2. The molecule has 3 N–H and O–H groups in total. The average molecular weight is 263 g/mol. The zero-order chi connectivity index (χ0) is 14.4. The lowest BCUT2D eigenvalue weighted by Crippen LogP contribution is -2.27. The molecule has 5 nitrogen and oxygen atoms in total. The molecule has 0 saturated heterocycles. The van der Waals surface area contributed by atoms with Gasteiger partial charge in [0.15, 0.2) is 0 Å². The third-order valence-electron chi connectivity index (χ3n) is 3.06. The van der Waals surface area contributed by atoms with E-state index in [2.05, 4.69) is 17.2 Å². The molecule has 0 fully saturated rings. The number of primary amides is 1. The van der Waals surface area contributed by atoms with E-state index < -0.39 is 5.91 Å². The van der Waals surface area contributed by atoms with Crippen molar-refractivity contribution in [2.45, 2.75) is 40.0 Å². The first-order valence-corrected chi connectivity index (χ1v) is 6.53. The number of hydrogen-bond acceptors (Lipinski definition) is 3. The van der Waals surface area contributed by atoms with E-state index >= 15 is 0 Å². The summed E-state index contributed by atoms with van der Waals surface area (Å²) in [5.41, 5.74) is 7.22. The van der Waals surface area contributed by atoms with Crippen LogP contribution in [0.3, 0.4) is 0 Å². The summed E-state index contributed by atoms with van der Waals surface area (Å²) in [6.07, 6.45) is 3.12. The predicted octanol–water partition coefficient (Wildman–Crippen LogP) is 1.72. The van der Waals surface area contributed by atoms with Crippen LogP contribution in [0.2, 0.25) is 0 Å². The van der Waals surface area contributed by atoms with Gasteiger partial charge in [0, 0.05) is 6.54 Å². The second-order valence-electron chi connectivity index (χ2n) is 4.63. The van der Waals surface area contributed by atoms with Crippen LogP contribution in [0.15, 0.2) is 6.07 Å². The Kier molecular flexibility index (Phi) is 5.48. The van der Waals surface area contributed by atoms with Gasteiger partial charge < -0.3 is 11.1 Å². The number of nitrogens with zero attached hydrogens (tertiary/aromatic N) is 1. The molecule has 104 valence electrons. The van der Waals surface area contributed by atoms with Crippen molar-refractivity contribution in [2.75, 3.05) is 6.54 Å². The molecular weight excluding hydrogens is 242 g/mol. The van der Waals surface area contributed by atoms with E-state index in [9.17, 15) is 9.59 Å². The van der Waals surface area contributed by atoms with Crippen molar-refractivity contribution in [3.05, 3.63) is 28.6 Å². The van der Waals surface area contributed by atoms with Gasteiger partial charge in [0.2, 0.25) is 0 Å². The van der Waals surface area contributed by atoms with Crippen molar-refractivity contribution < 1.29 is 9.59 Å². The summed E-state index contributed by atoms with van der Waals surface area (Å²) in [5.74, 6) is -0.872.